The first kappa shape index (κ1) is 25.5. The first-order chi connectivity index (χ1) is 18.4. The summed E-state index contributed by atoms with van der Waals surface area (Å²) in [5.74, 6) is 0.0264. The van der Waals surface area contributed by atoms with Crippen molar-refractivity contribution in [2.75, 3.05) is 0 Å². The summed E-state index contributed by atoms with van der Waals surface area (Å²) in [6, 6.07) is 20.1. The van der Waals surface area contributed by atoms with Crippen LogP contribution in [0.1, 0.15) is 58.3 Å². The van der Waals surface area contributed by atoms with E-state index in [1.54, 1.807) is 18.2 Å². The number of benzene rings is 3. The Kier molecular flexibility index (Phi) is 7.68. The van der Waals surface area contributed by atoms with Crippen molar-refractivity contribution in [1.29, 1.82) is 0 Å². The number of hydrogen-bond donors (Lipinski definition) is 1. The van der Waals surface area contributed by atoms with Crippen LogP contribution in [0, 0.1) is 12.7 Å². The van der Waals surface area contributed by atoms with Crippen LogP contribution < -0.4 is 5.32 Å². The number of hydrogen-bond acceptors (Lipinski definition) is 4. The van der Waals surface area contributed by atoms with Crippen molar-refractivity contribution in [2.45, 2.75) is 51.5 Å². The van der Waals surface area contributed by atoms with Gasteiger partial charge in [0.15, 0.2) is 5.78 Å². The molecule has 0 saturated carbocycles. The van der Waals surface area contributed by atoms with Gasteiger partial charge in [-0.25, -0.2) is 9.38 Å². The smallest absolute Gasteiger partial charge is 0.256 e. The molecular formula is C32H30FN3O2. The van der Waals surface area contributed by atoms with Crippen molar-refractivity contribution in [1.82, 2.24) is 5.32 Å². The number of amides is 1. The van der Waals surface area contributed by atoms with Gasteiger partial charge in [0, 0.05) is 24.0 Å². The number of ketones is 1. The Hall–Kier alpha value is -4.19. The van der Waals surface area contributed by atoms with E-state index in [-0.39, 0.29) is 23.5 Å². The molecule has 1 unspecified atom stereocenters. The second-order valence-electron chi connectivity index (χ2n) is 9.88. The number of nitrogens with one attached hydrogen (secondary N) is 1. The summed E-state index contributed by atoms with van der Waals surface area (Å²) in [4.78, 5) is 35.3. The van der Waals surface area contributed by atoms with E-state index in [0.717, 1.165) is 22.4 Å². The number of amidine groups is 1. The van der Waals surface area contributed by atoms with Crippen molar-refractivity contribution in [3.8, 4) is 0 Å². The van der Waals surface area contributed by atoms with Crippen molar-refractivity contribution >= 4 is 28.9 Å². The summed E-state index contributed by atoms with van der Waals surface area (Å²) < 4.78 is 15.0. The van der Waals surface area contributed by atoms with E-state index in [4.69, 9.17) is 9.98 Å². The third-order valence-corrected chi connectivity index (χ3v) is 6.95. The summed E-state index contributed by atoms with van der Waals surface area (Å²) >= 11 is 0. The molecular weight excluding hydrogens is 477 g/mol. The Morgan fingerprint density at radius 2 is 1.79 bits per heavy atom. The molecule has 0 saturated heterocycles. The topological polar surface area (TPSA) is 70.9 Å². The van der Waals surface area contributed by atoms with E-state index in [2.05, 4.69) is 5.32 Å². The minimum absolute atomic E-state index is 0.00182. The van der Waals surface area contributed by atoms with Crippen LogP contribution >= 0.6 is 0 Å². The minimum atomic E-state index is -0.360. The fourth-order valence-electron chi connectivity index (χ4n) is 4.86. The highest BCUT2D eigenvalue weighted by Crippen LogP contribution is 2.22. The fourth-order valence-corrected chi connectivity index (χ4v) is 4.86. The zero-order valence-electron chi connectivity index (χ0n) is 21.4. The Balaban J connectivity index is 1.57. The quantitative estimate of drug-likeness (QED) is 0.423. The molecule has 192 valence electrons. The number of carbonyl (C=O) groups is 2. The molecule has 2 heterocycles. The van der Waals surface area contributed by atoms with E-state index in [9.17, 15) is 9.59 Å². The standard InChI is InChI=1S/C32H30FN3O2/c1-21-6-2-3-10-29(21)35-31-11-5-7-22-12-16-28(33)27(20-22)30-17-15-26(37)14-13-25(34-30)19-23-8-4-9-24(18-23)32(38)36-31/h2-4,6,8-10,12,15-18,20,25H,5,7,11,13-14,19H2,1H3,(H,35,36,38). The largest absolute Gasteiger partial charge is 0.310 e. The molecule has 3 aromatic carbocycles. The average Bonchev–Trinajstić information content (AvgIpc) is 2.90. The molecule has 6 bridgehead atoms. The highest BCUT2D eigenvalue weighted by molar-refractivity contribution is 6.12. The van der Waals surface area contributed by atoms with Gasteiger partial charge in [-0.2, -0.15) is 0 Å². The number of rotatable bonds is 1. The van der Waals surface area contributed by atoms with E-state index in [1.807, 2.05) is 55.5 Å². The van der Waals surface area contributed by atoms with Gasteiger partial charge in [-0.1, -0.05) is 36.4 Å². The lowest BCUT2D eigenvalue weighted by atomic mass is 9.96. The van der Waals surface area contributed by atoms with Gasteiger partial charge < -0.3 is 5.32 Å². The fraction of sp³-hybridized carbons (Fsp3) is 0.250. The highest BCUT2D eigenvalue weighted by Gasteiger charge is 2.19. The maximum atomic E-state index is 15.0. The van der Waals surface area contributed by atoms with E-state index < -0.39 is 0 Å². The van der Waals surface area contributed by atoms with Crippen LogP contribution in [0.2, 0.25) is 0 Å². The van der Waals surface area contributed by atoms with Gasteiger partial charge in [0.2, 0.25) is 0 Å². The molecule has 0 spiro atoms. The predicted octanol–water partition coefficient (Wildman–Crippen LogP) is 6.25. The van der Waals surface area contributed by atoms with E-state index in [0.29, 0.717) is 61.2 Å². The zero-order valence-corrected chi connectivity index (χ0v) is 21.4. The Bertz CT molecular complexity index is 1470. The van der Waals surface area contributed by atoms with Crippen LogP contribution in [-0.2, 0) is 17.6 Å². The molecule has 38 heavy (non-hydrogen) atoms. The molecule has 5 nitrogen and oxygen atoms in total. The SMILES string of the molecule is Cc1ccccc1N=C1CCCc2ccc(F)c(c2)C2=NC(CCC(=O)C=C2)Cc2cccc(c2)C(=O)N1. The van der Waals surface area contributed by atoms with Crippen LogP contribution in [0.3, 0.4) is 0 Å². The van der Waals surface area contributed by atoms with Crippen molar-refractivity contribution < 1.29 is 14.0 Å². The molecule has 0 aromatic heterocycles. The molecule has 1 atom stereocenters. The first-order valence-electron chi connectivity index (χ1n) is 13.1. The number of carbonyl (C=O) groups excluding carboxylic acids is 2. The maximum absolute atomic E-state index is 15.0. The normalized spacial score (nSPS) is 19.4. The summed E-state index contributed by atoms with van der Waals surface area (Å²) in [6.07, 6.45) is 6.53. The van der Waals surface area contributed by atoms with E-state index in [1.165, 1.54) is 12.1 Å². The molecule has 3 aromatic rings. The maximum Gasteiger partial charge on any atom is 0.256 e. The van der Waals surface area contributed by atoms with Gasteiger partial charge in [0.25, 0.3) is 5.91 Å². The predicted molar refractivity (Wildman–Crippen MR) is 149 cm³/mol. The summed E-state index contributed by atoms with van der Waals surface area (Å²) in [5, 5.41) is 3.04. The number of nitrogens with zero attached hydrogens (tertiary/aromatic N) is 2. The van der Waals surface area contributed by atoms with Crippen molar-refractivity contribution in [3.05, 3.63) is 113 Å². The lowest BCUT2D eigenvalue weighted by molar-refractivity contribution is -0.114. The van der Waals surface area contributed by atoms with Crippen LogP contribution in [0.5, 0.6) is 0 Å². The van der Waals surface area contributed by atoms with Crippen molar-refractivity contribution in [3.63, 3.8) is 0 Å². The molecule has 1 N–H and O–H groups in total. The molecule has 0 fully saturated rings. The Morgan fingerprint density at radius 1 is 0.921 bits per heavy atom. The molecule has 2 aliphatic heterocycles. The van der Waals surface area contributed by atoms with E-state index >= 15 is 4.39 Å². The highest BCUT2D eigenvalue weighted by atomic mass is 19.1. The monoisotopic (exact) mass is 507 g/mol. The van der Waals surface area contributed by atoms with Gasteiger partial charge in [-0.15, -0.1) is 0 Å². The van der Waals surface area contributed by atoms with Crippen LogP contribution in [0.15, 0.2) is 88.9 Å². The summed E-state index contributed by atoms with van der Waals surface area (Å²) in [7, 11) is 0. The number of para-hydroxylation sites is 1. The van der Waals surface area contributed by atoms with Gasteiger partial charge >= 0.3 is 0 Å². The third kappa shape index (κ3) is 6.20. The van der Waals surface area contributed by atoms with Gasteiger partial charge in [0.1, 0.15) is 11.7 Å². The molecule has 6 heteroatoms. The summed E-state index contributed by atoms with van der Waals surface area (Å²) in [6.45, 7) is 1.99. The first-order valence-corrected chi connectivity index (χ1v) is 13.1. The number of halogens is 1. The van der Waals surface area contributed by atoms with Crippen LogP contribution in [0.25, 0.3) is 0 Å². The summed E-state index contributed by atoms with van der Waals surface area (Å²) in [5.41, 5.74) is 5.15. The second kappa shape index (κ2) is 11.5. The average molecular weight is 508 g/mol. The zero-order chi connectivity index (χ0) is 26.5. The lowest BCUT2D eigenvalue weighted by Gasteiger charge is -2.18. The number of aliphatic imine (C=N–C) groups is 2. The Morgan fingerprint density at radius 3 is 2.66 bits per heavy atom. The molecule has 0 aliphatic carbocycles. The van der Waals surface area contributed by atoms with Gasteiger partial charge in [0.05, 0.1) is 17.4 Å². The van der Waals surface area contributed by atoms with Gasteiger partial charge in [-0.05, 0) is 91.8 Å². The third-order valence-electron chi connectivity index (χ3n) is 6.95. The number of aryl methyl sites for hydroxylation is 2. The minimum Gasteiger partial charge on any atom is -0.310 e. The lowest BCUT2D eigenvalue weighted by Crippen LogP contribution is -2.30. The van der Waals surface area contributed by atoms with Crippen molar-refractivity contribution in [2.24, 2.45) is 9.98 Å². The van der Waals surface area contributed by atoms with Crippen LogP contribution in [0.4, 0.5) is 10.1 Å². The number of allylic oxidation sites excluding steroid dienone is 2. The molecule has 0 radical (unpaired) electrons. The van der Waals surface area contributed by atoms with Gasteiger partial charge in [-0.3, -0.25) is 14.6 Å². The van der Waals surface area contributed by atoms with Crippen LogP contribution in [-0.4, -0.2) is 29.3 Å². The Labute approximate surface area is 222 Å². The molecule has 5 rings (SSSR count). The molecule has 2 aliphatic rings. The number of fused-ring (bicyclic) bond motifs is 6. The molecule has 1 amide bonds. The second-order valence-corrected chi connectivity index (χ2v) is 9.88.